The molecule has 0 radical (unpaired) electrons. The Labute approximate surface area is 132 Å². The van der Waals surface area contributed by atoms with E-state index in [9.17, 15) is 0 Å². The number of hydrogen-bond donors (Lipinski definition) is 1. The molecule has 0 aromatic heterocycles. The van der Waals surface area contributed by atoms with Crippen LogP contribution in [0.2, 0.25) is 5.02 Å². The second kappa shape index (κ2) is 7.48. The first kappa shape index (κ1) is 15.9. The van der Waals surface area contributed by atoms with Crippen LogP contribution in [-0.4, -0.2) is 6.54 Å². The smallest absolute Gasteiger partial charge is 0.124 e. The van der Waals surface area contributed by atoms with E-state index in [-0.39, 0.29) is 0 Å². The lowest BCUT2D eigenvalue weighted by molar-refractivity contribution is 0.301. The van der Waals surface area contributed by atoms with Gasteiger partial charge in [-0.05, 0) is 49.7 Å². The van der Waals surface area contributed by atoms with Crippen LogP contribution < -0.4 is 10.1 Å². The standard InChI is InChI=1S/C18H22ClNO/c1-4-20-11-15-10-17(19)7-8-18(15)21-12-16-9-13(2)5-6-14(16)3/h5-10,20H,4,11-12H2,1-3H3. The maximum Gasteiger partial charge on any atom is 0.124 e. The summed E-state index contributed by atoms with van der Waals surface area (Å²) < 4.78 is 6.01. The van der Waals surface area contributed by atoms with Crippen LogP contribution in [0.1, 0.15) is 29.2 Å². The zero-order valence-corrected chi connectivity index (χ0v) is 13.6. The van der Waals surface area contributed by atoms with Gasteiger partial charge in [0, 0.05) is 17.1 Å². The lowest BCUT2D eigenvalue weighted by atomic mass is 10.1. The van der Waals surface area contributed by atoms with E-state index in [0.717, 1.165) is 29.4 Å². The summed E-state index contributed by atoms with van der Waals surface area (Å²) >= 11 is 6.08. The Morgan fingerprint density at radius 3 is 2.62 bits per heavy atom. The van der Waals surface area contributed by atoms with E-state index in [2.05, 4.69) is 44.3 Å². The average Bonchev–Trinajstić information content (AvgIpc) is 2.47. The number of hydrogen-bond acceptors (Lipinski definition) is 2. The van der Waals surface area contributed by atoms with Crippen molar-refractivity contribution in [1.29, 1.82) is 0 Å². The van der Waals surface area contributed by atoms with Crippen LogP contribution in [0.3, 0.4) is 0 Å². The molecule has 2 rings (SSSR count). The first-order valence-electron chi connectivity index (χ1n) is 7.28. The van der Waals surface area contributed by atoms with E-state index in [1.165, 1.54) is 16.7 Å². The van der Waals surface area contributed by atoms with Crippen molar-refractivity contribution in [3.63, 3.8) is 0 Å². The molecule has 112 valence electrons. The van der Waals surface area contributed by atoms with Crippen molar-refractivity contribution in [2.75, 3.05) is 6.54 Å². The summed E-state index contributed by atoms with van der Waals surface area (Å²) in [6.07, 6.45) is 0. The van der Waals surface area contributed by atoms with Gasteiger partial charge in [0.1, 0.15) is 12.4 Å². The normalized spacial score (nSPS) is 10.7. The Hall–Kier alpha value is -1.51. The highest BCUT2D eigenvalue weighted by Crippen LogP contribution is 2.24. The van der Waals surface area contributed by atoms with Crippen LogP contribution in [0, 0.1) is 13.8 Å². The number of ether oxygens (including phenoxy) is 1. The summed E-state index contributed by atoms with van der Waals surface area (Å²) in [5, 5.41) is 4.05. The van der Waals surface area contributed by atoms with Crippen LogP contribution in [0.4, 0.5) is 0 Å². The molecule has 0 heterocycles. The molecule has 2 aromatic carbocycles. The summed E-state index contributed by atoms with van der Waals surface area (Å²) in [4.78, 5) is 0. The molecule has 2 nitrogen and oxygen atoms in total. The SMILES string of the molecule is CCNCc1cc(Cl)ccc1OCc1cc(C)ccc1C. The molecule has 0 atom stereocenters. The minimum Gasteiger partial charge on any atom is -0.489 e. The zero-order valence-electron chi connectivity index (χ0n) is 12.9. The molecule has 0 aliphatic carbocycles. The fourth-order valence-electron chi connectivity index (χ4n) is 2.20. The van der Waals surface area contributed by atoms with Crippen molar-refractivity contribution in [2.24, 2.45) is 0 Å². The molecular formula is C18H22ClNO. The number of benzene rings is 2. The molecule has 21 heavy (non-hydrogen) atoms. The van der Waals surface area contributed by atoms with E-state index >= 15 is 0 Å². The van der Waals surface area contributed by atoms with Gasteiger partial charge in [-0.15, -0.1) is 0 Å². The third-order valence-corrected chi connectivity index (χ3v) is 3.71. The Morgan fingerprint density at radius 1 is 1.05 bits per heavy atom. The van der Waals surface area contributed by atoms with Gasteiger partial charge in [-0.2, -0.15) is 0 Å². The van der Waals surface area contributed by atoms with E-state index in [1.807, 2.05) is 18.2 Å². The molecule has 0 aliphatic rings. The van der Waals surface area contributed by atoms with Crippen LogP contribution in [-0.2, 0) is 13.2 Å². The number of rotatable bonds is 6. The first-order chi connectivity index (χ1) is 10.1. The van der Waals surface area contributed by atoms with Crippen molar-refractivity contribution >= 4 is 11.6 Å². The highest BCUT2D eigenvalue weighted by atomic mass is 35.5. The minimum absolute atomic E-state index is 0.578. The predicted octanol–water partition coefficient (Wildman–Crippen LogP) is 4.65. The van der Waals surface area contributed by atoms with Gasteiger partial charge in [-0.25, -0.2) is 0 Å². The van der Waals surface area contributed by atoms with Gasteiger partial charge in [-0.1, -0.05) is 42.3 Å². The van der Waals surface area contributed by atoms with Crippen molar-refractivity contribution in [2.45, 2.75) is 33.9 Å². The molecular weight excluding hydrogens is 282 g/mol. The van der Waals surface area contributed by atoms with Crippen LogP contribution in [0.5, 0.6) is 5.75 Å². The van der Waals surface area contributed by atoms with Crippen LogP contribution in [0.25, 0.3) is 0 Å². The lowest BCUT2D eigenvalue weighted by Crippen LogP contribution is -2.13. The van der Waals surface area contributed by atoms with E-state index in [0.29, 0.717) is 6.61 Å². The third-order valence-electron chi connectivity index (χ3n) is 3.48. The molecule has 0 fully saturated rings. The second-order valence-electron chi connectivity index (χ2n) is 5.25. The van der Waals surface area contributed by atoms with E-state index in [1.54, 1.807) is 0 Å². The van der Waals surface area contributed by atoms with Crippen molar-refractivity contribution in [1.82, 2.24) is 5.32 Å². The van der Waals surface area contributed by atoms with Gasteiger partial charge in [0.15, 0.2) is 0 Å². The molecule has 1 N–H and O–H groups in total. The maximum absolute atomic E-state index is 6.08. The highest BCUT2D eigenvalue weighted by Gasteiger charge is 2.06. The van der Waals surface area contributed by atoms with Crippen LogP contribution in [0.15, 0.2) is 36.4 Å². The van der Waals surface area contributed by atoms with E-state index < -0.39 is 0 Å². The molecule has 0 unspecified atom stereocenters. The molecule has 0 saturated carbocycles. The molecule has 0 bridgehead atoms. The highest BCUT2D eigenvalue weighted by molar-refractivity contribution is 6.30. The summed E-state index contributed by atoms with van der Waals surface area (Å²) in [7, 11) is 0. The quantitative estimate of drug-likeness (QED) is 0.839. The fourth-order valence-corrected chi connectivity index (χ4v) is 2.39. The number of nitrogens with one attached hydrogen (secondary N) is 1. The van der Waals surface area contributed by atoms with Crippen molar-refractivity contribution < 1.29 is 4.74 Å². The number of halogens is 1. The van der Waals surface area contributed by atoms with Crippen molar-refractivity contribution in [3.8, 4) is 5.75 Å². The summed E-state index contributed by atoms with van der Waals surface area (Å²) in [5.41, 5.74) is 4.82. The summed E-state index contributed by atoms with van der Waals surface area (Å²) in [6, 6.07) is 12.2. The molecule has 3 heteroatoms. The molecule has 0 amide bonds. The Kier molecular flexibility index (Phi) is 5.66. The van der Waals surface area contributed by atoms with Gasteiger partial charge in [0.2, 0.25) is 0 Å². The van der Waals surface area contributed by atoms with E-state index in [4.69, 9.17) is 16.3 Å². The van der Waals surface area contributed by atoms with Crippen LogP contribution >= 0.6 is 11.6 Å². The first-order valence-corrected chi connectivity index (χ1v) is 7.66. The fraction of sp³-hybridized carbons (Fsp3) is 0.333. The van der Waals surface area contributed by atoms with Crippen molar-refractivity contribution in [3.05, 3.63) is 63.7 Å². The van der Waals surface area contributed by atoms with Gasteiger partial charge >= 0.3 is 0 Å². The average molecular weight is 304 g/mol. The third kappa shape index (κ3) is 4.48. The Balaban J connectivity index is 2.13. The predicted molar refractivity (Wildman–Crippen MR) is 89.1 cm³/mol. The summed E-state index contributed by atoms with van der Waals surface area (Å²) in [6.45, 7) is 8.55. The Bertz CT molecular complexity index is 610. The van der Waals surface area contributed by atoms with Gasteiger partial charge < -0.3 is 10.1 Å². The number of aryl methyl sites for hydroxylation is 2. The monoisotopic (exact) mass is 303 g/mol. The second-order valence-corrected chi connectivity index (χ2v) is 5.69. The minimum atomic E-state index is 0.578. The molecule has 2 aromatic rings. The lowest BCUT2D eigenvalue weighted by Gasteiger charge is -2.14. The summed E-state index contributed by atoms with van der Waals surface area (Å²) in [5.74, 6) is 0.890. The molecule has 0 spiro atoms. The van der Waals surface area contributed by atoms with Gasteiger partial charge in [0.25, 0.3) is 0 Å². The molecule has 0 aliphatic heterocycles. The zero-order chi connectivity index (χ0) is 15.2. The topological polar surface area (TPSA) is 21.3 Å². The maximum atomic E-state index is 6.08. The largest absolute Gasteiger partial charge is 0.489 e. The van der Waals surface area contributed by atoms with Gasteiger partial charge in [0.05, 0.1) is 0 Å². The molecule has 0 saturated heterocycles. The Morgan fingerprint density at radius 2 is 1.86 bits per heavy atom. The van der Waals surface area contributed by atoms with Gasteiger partial charge in [-0.3, -0.25) is 0 Å².